The van der Waals surface area contributed by atoms with E-state index in [2.05, 4.69) is 132 Å². The number of fused-ring (bicyclic) bond motifs is 6. The molecular weight excluding hydrogens is 611 g/mol. The molecule has 0 saturated heterocycles. The number of pyridine rings is 5. The molecule has 5 aromatic carbocycles. The Balaban J connectivity index is 0.965. The van der Waals surface area contributed by atoms with Crippen LogP contribution in [0.25, 0.3) is 99.4 Å². The van der Waals surface area contributed by atoms with Crippen LogP contribution >= 0.6 is 0 Å². The van der Waals surface area contributed by atoms with Crippen LogP contribution < -0.4 is 0 Å². The van der Waals surface area contributed by atoms with Gasteiger partial charge < -0.3 is 0 Å². The second-order valence-corrected chi connectivity index (χ2v) is 12.6. The van der Waals surface area contributed by atoms with E-state index < -0.39 is 0 Å². The highest BCUT2D eigenvalue weighted by atomic mass is 14.8. The highest BCUT2D eigenvalue weighted by Gasteiger charge is 2.10. The molecular formula is C45H27N5. The summed E-state index contributed by atoms with van der Waals surface area (Å²) in [6, 6.07) is 52.6. The molecule has 0 saturated carbocycles. The Bertz CT molecular complexity index is 2930. The van der Waals surface area contributed by atoms with Crippen LogP contribution in [0.5, 0.6) is 0 Å². The molecule has 0 fully saturated rings. The summed E-state index contributed by atoms with van der Waals surface area (Å²) in [5, 5.41) is 6.62. The first-order valence-electron chi connectivity index (χ1n) is 16.6. The Kier molecular flexibility index (Phi) is 6.42. The Morgan fingerprint density at radius 1 is 0.300 bits per heavy atom. The van der Waals surface area contributed by atoms with Crippen molar-refractivity contribution in [3.8, 4) is 45.0 Å². The minimum Gasteiger partial charge on any atom is -0.254 e. The molecule has 5 aromatic heterocycles. The molecule has 10 rings (SSSR count). The van der Waals surface area contributed by atoms with Crippen molar-refractivity contribution in [1.29, 1.82) is 0 Å². The highest BCUT2D eigenvalue weighted by Crippen LogP contribution is 2.31. The van der Waals surface area contributed by atoms with Crippen LogP contribution in [-0.2, 0) is 0 Å². The molecule has 0 radical (unpaired) electrons. The van der Waals surface area contributed by atoms with Crippen molar-refractivity contribution in [1.82, 2.24) is 24.9 Å². The van der Waals surface area contributed by atoms with Crippen LogP contribution in [-0.4, -0.2) is 24.9 Å². The number of aromatic nitrogens is 5. The van der Waals surface area contributed by atoms with Gasteiger partial charge >= 0.3 is 0 Å². The maximum atomic E-state index is 5.12. The van der Waals surface area contributed by atoms with Gasteiger partial charge in [-0.05, 0) is 59.0 Å². The number of benzene rings is 5. The maximum Gasteiger partial charge on any atom is 0.0972 e. The molecule has 0 bridgehead atoms. The molecule has 5 heterocycles. The summed E-state index contributed by atoms with van der Waals surface area (Å²) in [6.45, 7) is 0. The van der Waals surface area contributed by atoms with Gasteiger partial charge in [0.15, 0.2) is 0 Å². The van der Waals surface area contributed by atoms with Crippen molar-refractivity contribution in [2.75, 3.05) is 0 Å². The topological polar surface area (TPSA) is 64.5 Å². The van der Waals surface area contributed by atoms with Crippen molar-refractivity contribution < 1.29 is 0 Å². The van der Waals surface area contributed by atoms with E-state index in [0.29, 0.717) is 0 Å². The zero-order valence-electron chi connectivity index (χ0n) is 26.8. The summed E-state index contributed by atoms with van der Waals surface area (Å²) in [5.41, 5.74) is 11.6. The summed E-state index contributed by atoms with van der Waals surface area (Å²) in [7, 11) is 0. The molecule has 232 valence electrons. The Hall–Kier alpha value is -6.85. The monoisotopic (exact) mass is 637 g/mol. The zero-order chi connectivity index (χ0) is 33.0. The van der Waals surface area contributed by atoms with Gasteiger partial charge in [-0.3, -0.25) is 9.97 Å². The Morgan fingerprint density at radius 3 is 1.68 bits per heavy atom. The van der Waals surface area contributed by atoms with Crippen LogP contribution in [0.4, 0.5) is 0 Å². The van der Waals surface area contributed by atoms with E-state index in [9.17, 15) is 0 Å². The van der Waals surface area contributed by atoms with E-state index in [0.717, 1.165) is 99.4 Å². The summed E-state index contributed by atoms with van der Waals surface area (Å²) >= 11 is 0. The molecule has 0 unspecified atom stereocenters. The van der Waals surface area contributed by atoms with Gasteiger partial charge in [0.2, 0.25) is 0 Å². The van der Waals surface area contributed by atoms with Gasteiger partial charge in [-0.25, -0.2) is 15.0 Å². The largest absolute Gasteiger partial charge is 0.254 e. The van der Waals surface area contributed by atoms with E-state index in [1.54, 1.807) is 0 Å². The van der Waals surface area contributed by atoms with Crippen molar-refractivity contribution >= 4 is 54.4 Å². The predicted molar refractivity (Wildman–Crippen MR) is 205 cm³/mol. The maximum absolute atomic E-state index is 5.12. The lowest BCUT2D eigenvalue weighted by Gasteiger charge is -2.09. The quantitative estimate of drug-likeness (QED) is 0.180. The van der Waals surface area contributed by atoms with Crippen molar-refractivity contribution in [3.63, 3.8) is 0 Å². The fourth-order valence-corrected chi connectivity index (χ4v) is 6.82. The minimum absolute atomic E-state index is 0.851. The number of hydrogen-bond donors (Lipinski definition) is 0. The second-order valence-electron chi connectivity index (χ2n) is 12.6. The molecule has 10 aromatic rings. The van der Waals surface area contributed by atoms with E-state index in [1.807, 2.05) is 36.7 Å². The molecule has 0 N–H and O–H groups in total. The summed E-state index contributed by atoms with van der Waals surface area (Å²) in [6.07, 6.45) is 3.74. The van der Waals surface area contributed by atoms with Gasteiger partial charge in [-0.1, -0.05) is 109 Å². The Labute approximate surface area is 287 Å². The number of hydrogen-bond acceptors (Lipinski definition) is 5. The van der Waals surface area contributed by atoms with E-state index >= 15 is 0 Å². The van der Waals surface area contributed by atoms with Crippen molar-refractivity contribution in [2.45, 2.75) is 0 Å². The van der Waals surface area contributed by atoms with Crippen LogP contribution in [0.1, 0.15) is 0 Å². The van der Waals surface area contributed by atoms with Crippen LogP contribution in [0.3, 0.4) is 0 Å². The standard InChI is InChI=1S/C45H27N5/c1-2-5-37-27-47-43(25-34(37)4-1)40-22-18-31-12-16-36(26-42(31)49-40)39-20-17-30-11-15-35(24-41(30)48-39)28-7-9-29(10-8-28)38-21-19-33-14-13-32-6-3-23-46-44(32)45(33)50-38/h1-27H. The van der Waals surface area contributed by atoms with Gasteiger partial charge in [-0.2, -0.15) is 0 Å². The third-order valence-corrected chi connectivity index (χ3v) is 9.52. The SMILES string of the molecule is c1ccc2cc(-c3ccc4ccc(-c5ccc6ccc(-c7ccc(-c8ccc9ccc%10cccnc%10c9n8)cc7)cc6n5)cc4n3)ncc2c1. The number of rotatable bonds is 4. The molecule has 0 aliphatic carbocycles. The first-order valence-corrected chi connectivity index (χ1v) is 16.6. The minimum atomic E-state index is 0.851. The molecule has 5 heteroatoms. The van der Waals surface area contributed by atoms with Crippen LogP contribution in [0.15, 0.2) is 164 Å². The smallest absolute Gasteiger partial charge is 0.0972 e. The average Bonchev–Trinajstić information content (AvgIpc) is 3.19. The molecule has 0 amide bonds. The second kappa shape index (κ2) is 11.4. The molecule has 0 aliphatic rings. The lowest BCUT2D eigenvalue weighted by molar-refractivity contribution is 1.29. The number of nitrogens with zero attached hydrogens (tertiary/aromatic N) is 5. The van der Waals surface area contributed by atoms with Gasteiger partial charge in [0.25, 0.3) is 0 Å². The van der Waals surface area contributed by atoms with Crippen molar-refractivity contribution in [3.05, 3.63) is 164 Å². The van der Waals surface area contributed by atoms with Gasteiger partial charge in [-0.15, -0.1) is 0 Å². The fraction of sp³-hybridized carbons (Fsp3) is 0. The van der Waals surface area contributed by atoms with E-state index in [4.69, 9.17) is 19.9 Å². The lowest BCUT2D eigenvalue weighted by Crippen LogP contribution is -1.91. The van der Waals surface area contributed by atoms with E-state index in [-0.39, 0.29) is 0 Å². The third kappa shape index (κ3) is 4.92. The lowest BCUT2D eigenvalue weighted by atomic mass is 10.00. The predicted octanol–water partition coefficient (Wildman–Crippen LogP) is 11.1. The summed E-state index contributed by atoms with van der Waals surface area (Å²) < 4.78 is 0. The Morgan fingerprint density at radius 2 is 0.860 bits per heavy atom. The van der Waals surface area contributed by atoms with Crippen LogP contribution in [0, 0.1) is 0 Å². The summed E-state index contributed by atoms with van der Waals surface area (Å²) in [4.78, 5) is 24.5. The molecule has 5 nitrogen and oxygen atoms in total. The average molecular weight is 638 g/mol. The zero-order valence-corrected chi connectivity index (χ0v) is 26.8. The molecule has 0 aliphatic heterocycles. The normalized spacial score (nSPS) is 11.6. The van der Waals surface area contributed by atoms with Gasteiger partial charge in [0.1, 0.15) is 0 Å². The van der Waals surface area contributed by atoms with Gasteiger partial charge in [0.05, 0.1) is 44.8 Å². The van der Waals surface area contributed by atoms with E-state index in [1.165, 1.54) is 0 Å². The highest BCUT2D eigenvalue weighted by molar-refractivity contribution is 6.03. The van der Waals surface area contributed by atoms with Crippen LogP contribution in [0.2, 0.25) is 0 Å². The molecule has 50 heavy (non-hydrogen) atoms. The first-order chi connectivity index (χ1) is 24.7. The molecule has 0 spiro atoms. The third-order valence-electron chi connectivity index (χ3n) is 9.52. The first kappa shape index (κ1) is 28.2. The molecule has 0 atom stereocenters. The van der Waals surface area contributed by atoms with Gasteiger partial charge in [0, 0.05) is 50.5 Å². The van der Waals surface area contributed by atoms with Crippen molar-refractivity contribution in [2.24, 2.45) is 0 Å². The summed E-state index contributed by atoms with van der Waals surface area (Å²) in [5.74, 6) is 0. The fourth-order valence-electron chi connectivity index (χ4n) is 6.82.